The first kappa shape index (κ1) is 29.4. The fourth-order valence-corrected chi connectivity index (χ4v) is 4.10. The highest BCUT2D eigenvalue weighted by molar-refractivity contribution is 7.89. The second-order valence-corrected chi connectivity index (χ2v) is 10.4. The smallest absolute Gasteiger partial charge is 0.410 e. The van der Waals surface area contributed by atoms with Gasteiger partial charge in [-0.1, -0.05) is 18.1 Å². The van der Waals surface area contributed by atoms with Crippen LogP contribution in [0.25, 0.3) is 0 Å². The first-order chi connectivity index (χ1) is 17.3. The van der Waals surface area contributed by atoms with Crippen molar-refractivity contribution >= 4 is 22.0 Å². The highest BCUT2D eigenvalue weighted by Gasteiger charge is 2.27. The molecule has 0 bridgehead atoms. The van der Waals surface area contributed by atoms with E-state index in [2.05, 4.69) is 21.9 Å². The quantitative estimate of drug-likeness (QED) is 0.157. The van der Waals surface area contributed by atoms with Gasteiger partial charge < -0.3 is 14.2 Å². The van der Waals surface area contributed by atoms with Crippen LogP contribution in [0, 0.1) is 11.8 Å². The van der Waals surface area contributed by atoms with Gasteiger partial charge in [0.2, 0.25) is 10.0 Å². The van der Waals surface area contributed by atoms with Crippen molar-refractivity contribution in [1.29, 1.82) is 0 Å². The number of hydrogen-bond donors (Lipinski definition) is 4. The Morgan fingerprint density at radius 1 is 1.03 bits per heavy atom. The van der Waals surface area contributed by atoms with Gasteiger partial charge in [-0.05, 0) is 76.6 Å². The summed E-state index contributed by atoms with van der Waals surface area (Å²) in [6.45, 7) is 8.64. The Labute approximate surface area is 216 Å². The second kappa shape index (κ2) is 13.0. The van der Waals surface area contributed by atoms with Gasteiger partial charge in [-0.3, -0.25) is 15.3 Å². The third-order valence-corrected chi connectivity index (χ3v) is 5.95. The third-order valence-electron chi connectivity index (χ3n) is 4.51. The number of carbonyl (C=O) groups excluding carboxylic acids is 2. The summed E-state index contributed by atoms with van der Waals surface area (Å²) in [5.41, 5.74) is 1.03. The molecule has 0 saturated carbocycles. The Balaban J connectivity index is 2.12. The number of benzene rings is 2. The van der Waals surface area contributed by atoms with Crippen LogP contribution in [0.2, 0.25) is 0 Å². The van der Waals surface area contributed by atoms with Gasteiger partial charge >= 0.3 is 6.09 Å². The molecule has 2 aromatic rings. The number of rotatable bonds is 10. The summed E-state index contributed by atoms with van der Waals surface area (Å²) in [6.07, 6.45) is -1.39. The SMILES string of the molecule is CC#CCOc1ccc(S(=O)(=O)N[C@@H](C(=O)NO)c2ccc(OC(C)NC(=O)OC(C)(C)C)cc2)cc1. The predicted octanol–water partition coefficient (Wildman–Crippen LogP) is 2.86. The third kappa shape index (κ3) is 9.64. The number of amides is 2. The van der Waals surface area contributed by atoms with Crippen molar-refractivity contribution in [3.8, 4) is 23.3 Å². The molecule has 200 valence electrons. The largest absolute Gasteiger partial charge is 0.481 e. The molecule has 0 saturated heterocycles. The normalized spacial score (nSPS) is 12.8. The van der Waals surface area contributed by atoms with Crippen LogP contribution < -0.4 is 25.0 Å². The van der Waals surface area contributed by atoms with E-state index in [9.17, 15) is 23.2 Å². The maximum Gasteiger partial charge on any atom is 0.410 e. The van der Waals surface area contributed by atoms with E-state index in [4.69, 9.17) is 14.2 Å². The van der Waals surface area contributed by atoms with E-state index in [0.29, 0.717) is 11.5 Å². The highest BCUT2D eigenvalue weighted by atomic mass is 32.2. The van der Waals surface area contributed by atoms with Crippen molar-refractivity contribution in [1.82, 2.24) is 15.5 Å². The minimum atomic E-state index is -4.16. The Morgan fingerprint density at radius 2 is 1.62 bits per heavy atom. The van der Waals surface area contributed by atoms with Crippen LogP contribution in [-0.2, 0) is 19.6 Å². The van der Waals surface area contributed by atoms with Crippen LogP contribution in [0.15, 0.2) is 53.4 Å². The molecule has 2 atom stereocenters. The van der Waals surface area contributed by atoms with Gasteiger partial charge in [-0.2, -0.15) is 4.72 Å². The molecule has 2 amide bonds. The molecule has 0 heterocycles. The molecule has 0 aliphatic rings. The van der Waals surface area contributed by atoms with Crippen LogP contribution >= 0.6 is 0 Å². The molecule has 0 spiro atoms. The molecular weight excluding hydrogens is 502 g/mol. The van der Waals surface area contributed by atoms with Gasteiger partial charge in [0.1, 0.15) is 29.7 Å². The molecule has 1 unspecified atom stereocenters. The number of carbonyl (C=O) groups is 2. The van der Waals surface area contributed by atoms with Crippen LogP contribution in [0.3, 0.4) is 0 Å². The van der Waals surface area contributed by atoms with Crippen LogP contribution in [0.5, 0.6) is 11.5 Å². The molecule has 0 aromatic heterocycles. The Morgan fingerprint density at radius 3 is 2.16 bits per heavy atom. The number of nitrogens with one attached hydrogen (secondary N) is 3. The van der Waals surface area contributed by atoms with E-state index in [-0.39, 0.29) is 17.1 Å². The summed E-state index contributed by atoms with van der Waals surface area (Å²) in [7, 11) is -4.16. The number of alkyl carbamates (subject to hydrolysis) is 1. The summed E-state index contributed by atoms with van der Waals surface area (Å²) in [4.78, 5) is 24.1. The van der Waals surface area contributed by atoms with E-state index < -0.39 is 39.9 Å². The number of hydroxylamine groups is 1. The van der Waals surface area contributed by atoms with Crippen molar-refractivity contribution in [2.24, 2.45) is 0 Å². The Kier molecular flexibility index (Phi) is 10.3. The predicted molar refractivity (Wildman–Crippen MR) is 134 cm³/mol. The average Bonchev–Trinajstić information content (AvgIpc) is 2.82. The summed E-state index contributed by atoms with van der Waals surface area (Å²) in [5, 5.41) is 11.7. The minimum Gasteiger partial charge on any atom is -0.481 e. The van der Waals surface area contributed by atoms with Gasteiger partial charge in [0.25, 0.3) is 5.91 Å². The van der Waals surface area contributed by atoms with Crippen LogP contribution in [-0.4, -0.2) is 44.1 Å². The van der Waals surface area contributed by atoms with E-state index in [1.54, 1.807) is 34.6 Å². The van der Waals surface area contributed by atoms with Gasteiger partial charge in [0, 0.05) is 0 Å². The standard InChI is InChI=1S/C25H31N3O8S/c1-6-7-16-34-19-12-14-21(15-13-19)37(32,33)28-22(23(29)27-31)18-8-10-20(11-9-18)35-17(2)26-24(30)36-25(3,4)5/h8-15,17,22,28,31H,16H2,1-5H3,(H,26,30)(H,27,29)/t17?,22-/m1/s1. The summed E-state index contributed by atoms with van der Waals surface area (Å²) < 4.78 is 44.3. The lowest BCUT2D eigenvalue weighted by atomic mass is 10.1. The Bertz CT molecular complexity index is 1230. The average molecular weight is 534 g/mol. The molecule has 0 radical (unpaired) electrons. The zero-order chi connectivity index (χ0) is 27.6. The lowest BCUT2D eigenvalue weighted by Gasteiger charge is -2.22. The molecule has 12 heteroatoms. The van der Waals surface area contributed by atoms with Crippen LogP contribution in [0.4, 0.5) is 4.79 Å². The zero-order valence-electron chi connectivity index (χ0n) is 21.2. The fraction of sp³-hybridized carbons (Fsp3) is 0.360. The maximum atomic E-state index is 12.9. The van der Waals surface area contributed by atoms with Gasteiger partial charge in [0.15, 0.2) is 6.23 Å². The molecular formula is C25H31N3O8S. The number of sulfonamides is 1. The van der Waals surface area contributed by atoms with Crippen molar-refractivity contribution < 1.29 is 37.4 Å². The molecule has 0 fully saturated rings. The fourth-order valence-electron chi connectivity index (χ4n) is 2.91. The molecule has 0 aliphatic heterocycles. The second-order valence-electron chi connectivity index (χ2n) is 8.69. The topological polar surface area (TPSA) is 152 Å². The van der Waals surface area contributed by atoms with Gasteiger partial charge in [-0.25, -0.2) is 18.7 Å². The summed E-state index contributed by atoms with van der Waals surface area (Å²) in [5.74, 6) is 5.19. The van der Waals surface area contributed by atoms with E-state index in [1.807, 2.05) is 0 Å². The number of ether oxygens (including phenoxy) is 3. The summed E-state index contributed by atoms with van der Waals surface area (Å²) >= 11 is 0. The lowest BCUT2D eigenvalue weighted by molar-refractivity contribution is -0.131. The van der Waals surface area contributed by atoms with Crippen molar-refractivity contribution in [2.45, 2.75) is 57.4 Å². The Hall–Kier alpha value is -3.79. The van der Waals surface area contributed by atoms with E-state index in [0.717, 1.165) is 0 Å². The molecule has 0 aliphatic carbocycles. The first-order valence-corrected chi connectivity index (χ1v) is 12.7. The van der Waals surface area contributed by atoms with Gasteiger partial charge in [-0.15, -0.1) is 5.92 Å². The maximum absolute atomic E-state index is 12.9. The molecule has 4 N–H and O–H groups in total. The van der Waals surface area contributed by atoms with Crippen molar-refractivity contribution in [2.75, 3.05) is 6.61 Å². The first-order valence-electron chi connectivity index (χ1n) is 11.2. The van der Waals surface area contributed by atoms with Crippen molar-refractivity contribution in [3.05, 3.63) is 54.1 Å². The zero-order valence-corrected chi connectivity index (χ0v) is 22.0. The number of hydrogen-bond acceptors (Lipinski definition) is 8. The van der Waals surface area contributed by atoms with Gasteiger partial charge in [0.05, 0.1) is 4.90 Å². The molecule has 2 rings (SSSR count). The van der Waals surface area contributed by atoms with E-state index >= 15 is 0 Å². The molecule has 2 aromatic carbocycles. The summed E-state index contributed by atoms with van der Waals surface area (Å²) in [6, 6.07) is 9.99. The monoisotopic (exact) mass is 533 g/mol. The molecule has 37 heavy (non-hydrogen) atoms. The van der Waals surface area contributed by atoms with E-state index in [1.165, 1.54) is 54.0 Å². The lowest BCUT2D eigenvalue weighted by Crippen LogP contribution is -2.40. The highest BCUT2D eigenvalue weighted by Crippen LogP contribution is 2.22. The minimum absolute atomic E-state index is 0.112. The van der Waals surface area contributed by atoms with Crippen molar-refractivity contribution in [3.63, 3.8) is 0 Å². The molecule has 11 nitrogen and oxygen atoms in total. The van der Waals surface area contributed by atoms with Crippen LogP contribution in [0.1, 0.15) is 46.2 Å².